The van der Waals surface area contributed by atoms with E-state index < -0.39 is 11.6 Å². The molecule has 0 spiro atoms. The molecular weight excluding hydrogens is 262 g/mol. The summed E-state index contributed by atoms with van der Waals surface area (Å²) >= 11 is 0. The molecule has 1 aromatic carbocycles. The summed E-state index contributed by atoms with van der Waals surface area (Å²) in [6.07, 6.45) is 2.65. The van der Waals surface area contributed by atoms with Crippen LogP contribution in [0.25, 0.3) is 0 Å². The molecule has 0 aliphatic carbocycles. The Morgan fingerprint density at radius 2 is 2.20 bits per heavy atom. The highest BCUT2D eigenvalue weighted by atomic mass is 19.1. The third-order valence-corrected chi connectivity index (χ3v) is 3.54. The van der Waals surface area contributed by atoms with Crippen molar-refractivity contribution in [3.05, 3.63) is 35.4 Å². The third-order valence-electron chi connectivity index (χ3n) is 3.54. The van der Waals surface area contributed by atoms with Crippen molar-refractivity contribution >= 4 is 5.91 Å². The lowest BCUT2D eigenvalue weighted by atomic mass is 10.0. The van der Waals surface area contributed by atoms with Crippen molar-refractivity contribution in [3.8, 4) is 0 Å². The van der Waals surface area contributed by atoms with Crippen LogP contribution in [-0.4, -0.2) is 29.9 Å². The summed E-state index contributed by atoms with van der Waals surface area (Å²) in [7, 11) is 0. The molecule has 0 saturated carbocycles. The van der Waals surface area contributed by atoms with Crippen LogP contribution >= 0.6 is 0 Å². The fourth-order valence-electron chi connectivity index (χ4n) is 2.48. The van der Waals surface area contributed by atoms with Gasteiger partial charge in [0.15, 0.2) is 0 Å². The van der Waals surface area contributed by atoms with Gasteiger partial charge in [-0.25, -0.2) is 8.78 Å². The van der Waals surface area contributed by atoms with Crippen LogP contribution in [0.1, 0.15) is 31.7 Å². The van der Waals surface area contributed by atoms with Crippen molar-refractivity contribution < 1.29 is 13.6 Å². The molecule has 2 rings (SSSR count). The third kappa shape index (κ3) is 3.54. The van der Waals surface area contributed by atoms with Crippen molar-refractivity contribution in [2.45, 2.75) is 38.8 Å². The maximum absolute atomic E-state index is 13.6. The summed E-state index contributed by atoms with van der Waals surface area (Å²) in [4.78, 5) is 13.9. The Morgan fingerprint density at radius 3 is 2.95 bits per heavy atom. The number of likely N-dealkylation sites (tertiary alicyclic amines) is 1. The predicted molar refractivity (Wildman–Crippen MR) is 73.1 cm³/mol. The van der Waals surface area contributed by atoms with Gasteiger partial charge in [0.05, 0.1) is 6.04 Å². The number of benzene rings is 1. The Balaban J connectivity index is 2.04. The van der Waals surface area contributed by atoms with Gasteiger partial charge in [-0.1, -0.05) is 6.92 Å². The summed E-state index contributed by atoms with van der Waals surface area (Å²) in [5.41, 5.74) is 0.231. The van der Waals surface area contributed by atoms with Gasteiger partial charge in [-0.05, 0) is 44.0 Å². The van der Waals surface area contributed by atoms with Gasteiger partial charge in [0.1, 0.15) is 11.6 Å². The Hall–Kier alpha value is -1.49. The van der Waals surface area contributed by atoms with Crippen LogP contribution in [0.5, 0.6) is 0 Å². The number of hydrogen-bond acceptors (Lipinski definition) is 2. The van der Waals surface area contributed by atoms with Crippen molar-refractivity contribution in [2.75, 3.05) is 13.1 Å². The van der Waals surface area contributed by atoms with Crippen LogP contribution in [0.2, 0.25) is 0 Å². The maximum atomic E-state index is 13.6. The molecule has 1 aliphatic heterocycles. The monoisotopic (exact) mass is 282 g/mol. The molecule has 0 aromatic heterocycles. The second kappa shape index (κ2) is 6.79. The van der Waals surface area contributed by atoms with Gasteiger partial charge in [0.2, 0.25) is 5.91 Å². The fraction of sp³-hybridized carbons (Fsp3) is 0.533. The van der Waals surface area contributed by atoms with E-state index in [0.29, 0.717) is 6.54 Å². The number of piperidine rings is 1. The lowest BCUT2D eigenvalue weighted by Crippen LogP contribution is -2.50. The van der Waals surface area contributed by atoms with Crippen molar-refractivity contribution in [2.24, 2.45) is 0 Å². The second-order valence-electron chi connectivity index (χ2n) is 5.14. The number of halogens is 2. The minimum absolute atomic E-state index is 0.0200. The average Bonchev–Trinajstić information content (AvgIpc) is 2.44. The zero-order valence-corrected chi connectivity index (χ0v) is 11.7. The van der Waals surface area contributed by atoms with E-state index in [1.54, 1.807) is 4.90 Å². The van der Waals surface area contributed by atoms with Crippen LogP contribution in [0.15, 0.2) is 18.2 Å². The highest BCUT2D eigenvalue weighted by Crippen LogP contribution is 2.18. The topological polar surface area (TPSA) is 32.3 Å². The molecule has 110 valence electrons. The maximum Gasteiger partial charge on any atom is 0.240 e. The standard InChI is InChI=1S/C15H20F2N2O/c1-2-7-18-14-4-3-8-19(15(14)20)10-11-9-12(16)5-6-13(11)17/h5-6,9,14,18H,2-4,7-8,10H2,1H3. The van der Waals surface area contributed by atoms with Crippen molar-refractivity contribution in [3.63, 3.8) is 0 Å². The molecule has 3 nitrogen and oxygen atoms in total. The first-order valence-electron chi connectivity index (χ1n) is 7.08. The minimum Gasteiger partial charge on any atom is -0.337 e. The molecule has 1 N–H and O–H groups in total. The van der Waals surface area contributed by atoms with Gasteiger partial charge >= 0.3 is 0 Å². The SMILES string of the molecule is CCCNC1CCCN(Cc2cc(F)ccc2F)C1=O. The van der Waals surface area contributed by atoms with Gasteiger partial charge in [0.25, 0.3) is 0 Å². The van der Waals surface area contributed by atoms with E-state index in [9.17, 15) is 13.6 Å². The normalized spacial score (nSPS) is 19.4. The minimum atomic E-state index is -0.480. The molecule has 1 atom stereocenters. The second-order valence-corrected chi connectivity index (χ2v) is 5.14. The Labute approximate surface area is 118 Å². The summed E-state index contributed by atoms with van der Waals surface area (Å²) in [5, 5.41) is 3.20. The molecule has 1 saturated heterocycles. The van der Waals surface area contributed by atoms with E-state index in [2.05, 4.69) is 5.32 Å². The number of carbonyl (C=O) groups is 1. The number of nitrogens with one attached hydrogen (secondary N) is 1. The van der Waals surface area contributed by atoms with Gasteiger partial charge in [-0.3, -0.25) is 4.79 Å². The number of amides is 1. The Morgan fingerprint density at radius 1 is 1.40 bits per heavy atom. The molecule has 1 aromatic rings. The Bertz CT molecular complexity index is 479. The smallest absolute Gasteiger partial charge is 0.240 e. The number of nitrogens with zero attached hydrogens (tertiary/aromatic N) is 1. The van der Waals surface area contributed by atoms with Gasteiger partial charge in [-0.15, -0.1) is 0 Å². The fourth-order valence-corrected chi connectivity index (χ4v) is 2.48. The first-order chi connectivity index (χ1) is 9.61. The molecule has 1 heterocycles. The average molecular weight is 282 g/mol. The predicted octanol–water partition coefficient (Wildman–Crippen LogP) is 2.46. The lowest BCUT2D eigenvalue weighted by Gasteiger charge is -2.33. The molecular formula is C15H20F2N2O. The number of rotatable bonds is 5. The summed E-state index contributed by atoms with van der Waals surface area (Å²) in [6, 6.07) is 3.15. The molecule has 0 bridgehead atoms. The van der Waals surface area contributed by atoms with Crippen LogP contribution in [0.4, 0.5) is 8.78 Å². The Kier molecular flexibility index (Phi) is 5.06. The first kappa shape index (κ1) is 14.9. The summed E-state index contributed by atoms with van der Waals surface area (Å²) in [5.74, 6) is -0.970. The number of carbonyl (C=O) groups excluding carboxylic acids is 1. The van der Waals surface area contributed by atoms with Gasteiger partial charge in [-0.2, -0.15) is 0 Å². The molecule has 5 heteroatoms. The van der Waals surface area contributed by atoms with Crippen LogP contribution < -0.4 is 5.32 Å². The van der Waals surface area contributed by atoms with Crippen LogP contribution in [0, 0.1) is 11.6 Å². The van der Waals surface area contributed by atoms with E-state index in [-0.39, 0.29) is 24.1 Å². The van der Waals surface area contributed by atoms with E-state index in [0.717, 1.165) is 44.0 Å². The highest BCUT2D eigenvalue weighted by molar-refractivity contribution is 5.82. The van der Waals surface area contributed by atoms with E-state index in [4.69, 9.17) is 0 Å². The molecule has 1 unspecified atom stereocenters. The molecule has 20 heavy (non-hydrogen) atoms. The van der Waals surface area contributed by atoms with Gasteiger partial charge in [0, 0.05) is 18.7 Å². The zero-order chi connectivity index (χ0) is 14.5. The molecule has 0 radical (unpaired) electrons. The molecule has 1 amide bonds. The largest absolute Gasteiger partial charge is 0.337 e. The quantitative estimate of drug-likeness (QED) is 0.899. The van der Waals surface area contributed by atoms with Crippen LogP contribution in [0.3, 0.4) is 0 Å². The number of hydrogen-bond donors (Lipinski definition) is 1. The van der Waals surface area contributed by atoms with E-state index in [1.807, 2.05) is 6.92 Å². The summed E-state index contributed by atoms with van der Waals surface area (Å²) in [6.45, 7) is 3.56. The van der Waals surface area contributed by atoms with E-state index >= 15 is 0 Å². The highest BCUT2D eigenvalue weighted by Gasteiger charge is 2.28. The van der Waals surface area contributed by atoms with Crippen molar-refractivity contribution in [1.29, 1.82) is 0 Å². The lowest BCUT2D eigenvalue weighted by molar-refractivity contribution is -0.136. The van der Waals surface area contributed by atoms with Gasteiger partial charge < -0.3 is 10.2 Å². The first-order valence-corrected chi connectivity index (χ1v) is 7.08. The molecule has 1 fully saturated rings. The molecule has 1 aliphatic rings. The van der Waals surface area contributed by atoms with Crippen LogP contribution in [-0.2, 0) is 11.3 Å². The van der Waals surface area contributed by atoms with E-state index in [1.165, 1.54) is 0 Å². The summed E-state index contributed by atoms with van der Waals surface area (Å²) < 4.78 is 26.8. The van der Waals surface area contributed by atoms with Crippen molar-refractivity contribution in [1.82, 2.24) is 10.2 Å². The zero-order valence-electron chi connectivity index (χ0n) is 11.7.